The maximum absolute atomic E-state index is 12.5. The molecule has 0 spiro atoms. The van der Waals surface area contributed by atoms with Crippen LogP contribution in [0.25, 0.3) is 6.08 Å². The topological polar surface area (TPSA) is 78.5 Å². The van der Waals surface area contributed by atoms with Gasteiger partial charge in [-0.25, -0.2) is 9.69 Å². The summed E-state index contributed by atoms with van der Waals surface area (Å²) in [5.74, 6) is -0.950. The van der Waals surface area contributed by atoms with Crippen LogP contribution in [0.4, 0.5) is 10.5 Å². The fourth-order valence-electron chi connectivity index (χ4n) is 2.69. The zero-order chi connectivity index (χ0) is 18.7. The Hall–Kier alpha value is -3.41. The molecule has 6 heteroatoms. The largest absolute Gasteiger partial charge is 0.329 e. The van der Waals surface area contributed by atoms with E-state index in [0.29, 0.717) is 5.69 Å². The van der Waals surface area contributed by atoms with Gasteiger partial charge in [0.15, 0.2) is 0 Å². The molecule has 2 aromatic rings. The minimum absolute atomic E-state index is 0.160. The Balaban J connectivity index is 1.71. The molecule has 1 aliphatic rings. The molecule has 3 rings (SSSR count). The first-order valence-electron chi connectivity index (χ1n) is 8.21. The maximum Gasteiger partial charge on any atom is 0.329 e. The molecule has 2 N–H and O–H groups in total. The third-order valence-corrected chi connectivity index (χ3v) is 4.05. The zero-order valence-electron chi connectivity index (χ0n) is 14.6. The molecule has 0 bridgehead atoms. The van der Waals surface area contributed by atoms with Crippen LogP contribution in [-0.4, -0.2) is 29.3 Å². The number of nitrogens with zero attached hydrogens (tertiary/aromatic N) is 1. The summed E-state index contributed by atoms with van der Waals surface area (Å²) in [6.45, 7) is 3.49. The fraction of sp³-hybridized carbons (Fsp3) is 0.150. The monoisotopic (exact) mass is 349 g/mol. The van der Waals surface area contributed by atoms with Crippen molar-refractivity contribution in [1.82, 2.24) is 10.2 Å². The van der Waals surface area contributed by atoms with Gasteiger partial charge in [-0.3, -0.25) is 9.59 Å². The molecule has 1 fully saturated rings. The second-order valence-electron chi connectivity index (χ2n) is 6.15. The molecule has 0 saturated carbocycles. The molecule has 0 radical (unpaired) electrons. The molecule has 0 unspecified atom stereocenters. The van der Waals surface area contributed by atoms with Crippen LogP contribution in [0.2, 0.25) is 0 Å². The molecule has 2 aromatic carbocycles. The smallest absolute Gasteiger partial charge is 0.325 e. The van der Waals surface area contributed by atoms with E-state index in [1.165, 1.54) is 0 Å². The van der Waals surface area contributed by atoms with Crippen LogP contribution in [0.3, 0.4) is 0 Å². The fourth-order valence-corrected chi connectivity index (χ4v) is 2.69. The minimum atomic E-state index is -0.603. The SMILES string of the molecule is Cc1cccc(NC(=O)CN2C(=O)N/C(=C/c3ccccc3C)C2=O)c1. The lowest BCUT2D eigenvalue weighted by atomic mass is 10.1. The van der Waals surface area contributed by atoms with Gasteiger partial charge >= 0.3 is 6.03 Å². The minimum Gasteiger partial charge on any atom is -0.325 e. The second kappa shape index (κ2) is 7.23. The lowest BCUT2D eigenvalue weighted by molar-refractivity contribution is -0.127. The Morgan fingerprint density at radius 3 is 2.62 bits per heavy atom. The molecule has 132 valence electrons. The summed E-state index contributed by atoms with van der Waals surface area (Å²) in [7, 11) is 0. The second-order valence-corrected chi connectivity index (χ2v) is 6.15. The molecular weight excluding hydrogens is 330 g/mol. The Bertz CT molecular complexity index is 918. The molecule has 1 aliphatic heterocycles. The highest BCUT2D eigenvalue weighted by Crippen LogP contribution is 2.17. The van der Waals surface area contributed by atoms with E-state index in [9.17, 15) is 14.4 Å². The van der Waals surface area contributed by atoms with Crippen LogP contribution in [0.5, 0.6) is 0 Å². The Kier molecular flexibility index (Phi) is 4.84. The molecule has 1 heterocycles. The number of benzene rings is 2. The van der Waals surface area contributed by atoms with Crippen molar-refractivity contribution in [3.8, 4) is 0 Å². The number of urea groups is 1. The van der Waals surface area contributed by atoms with Gasteiger partial charge in [0.05, 0.1) is 0 Å². The van der Waals surface area contributed by atoms with Crippen LogP contribution in [-0.2, 0) is 9.59 Å². The number of nitrogens with one attached hydrogen (secondary N) is 2. The van der Waals surface area contributed by atoms with Gasteiger partial charge in [0, 0.05) is 5.69 Å². The molecule has 6 nitrogen and oxygen atoms in total. The van der Waals surface area contributed by atoms with Crippen molar-refractivity contribution in [1.29, 1.82) is 0 Å². The van der Waals surface area contributed by atoms with E-state index in [2.05, 4.69) is 10.6 Å². The third kappa shape index (κ3) is 3.80. The third-order valence-electron chi connectivity index (χ3n) is 4.05. The average Bonchev–Trinajstić information content (AvgIpc) is 2.84. The molecule has 0 atom stereocenters. The number of anilines is 1. The Morgan fingerprint density at radius 1 is 1.12 bits per heavy atom. The van der Waals surface area contributed by atoms with Gasteiger partial charge in [0.25, 0.3) is 5.91 Å². The summed E-state index contributed by atoms with van der Waals surface area (Å²) in [6, 6.07) is 14.2. The van der Waals surface area contributed by atoms with Crippen LogP contribution in [0.1, 0.15) is 16.7 Å². The normalized spacial score (nSPS) is 15.3. The van der Waals surface area contributed by atoms with Crippen molar-refractivity contribution in [3.05, 3.63) is 70.9 Å². The van der Waals surface area contributed by atoms with E-state index < -0.39 is 17.8 Å². The highest BCUT2D eigenvalue weighted by molar-refractivity contribution is 6.16. The number of rotatable bonds is 4. The van der Waals surface area contributed by atoms with Crippen LogP contribution >= 0.6 is 0 Å². The summed E-state index contributed by atoms with van der Waals surface area (Å²) in [5, 5.41) is 5.22. The van der Waals surface area contributed by atoms with Crippen LogP contribution in [0.15, 0.2) is 54.2 Å². The number of carbonyl (C=O) groups excluding carboxylic acids is 3. The predicted octanol–water partition coefficient (Wildman–Crippen LogP) is 2.83. The summed E-state index contributed by atoms with van der Waals surface area (Å²) in [5.41, 5.74) is 3.60. The van der Waals surface area contributed by atoms with Gasteiger partial charge in [-0.15, -0.1) is 0 Å². The van der Waals surface area contributed by atoms with E-state index in [-0.39, 0.29) is 12.2 Å². The number of hydrogen-bond acceptors (Lipinski definition) is 3. The predicted molar refractivity (Wildman–Crippen MR) is 99.2 cm³/mol. The van der Waals surface area contributed by atoms with Crippen molar-refractivity contribution < 1.29 is 14.4 Å². The number of amides is 4. The molecule has 0 aliphatic carbocycles. The summed E-state index contributed by atoms with van der Waals surface area (Å²) in [6.07, 6.45) is 1.62. The van der Waals surface area contributed by atoms with E-state index in [1.807, 2.05) is 56.3 Å². The van der Waals surface area contributed by atoms with Crippen molar-refractivity contribution in [2.45, 2.75) is 13.8 Å². The van der Waals surface area contributed by atoms with E-state index in [4.69, 9.17) is 0 Å². The van der Waals surface area contributed by atoms with Crippen molar-refractivity contribution in [2.75, 3.05) is 11.9 Å². The van der Waals surface area contributed by atoms with Gasteiger partial charge in [-0.05, 0) is 48.7 Å². The molecular formula is C20H19N3O3. The maximum atomic E-state index is 12.5. The van der Waals surface area contributed by atoms with Crippen molar-refractivity contribution in [3.63, 3.8) is 0 Å². The molecule has 1 saturated heterocycles. The van der Waals surface area contributed by atoms with Gasteiger partial charge in [-0.2, -0.15) is 0 Å². The number of carbonyl (C=O) groups is 3. The first-order valence-corrected chi connectivity index (χ1v) is 8.21. The van der Waals surface area contributed by atoms with Crippen LogP contribution in [0, 0.1) is 13.8 Å². The van der Waals surface area contributed by atoms with E-state index in [0.717, 1.165) is 21.6 Å². The van der Waals surface area contributed by atoms with Crippen LogP contribution < -0.4 is 10.6 Å². The summed E-state index contributed by atoms with van der Waals surface area (Å²) >= 11 is 0. The van der Waals surface area contributed by atoms with Crippen molar-refractivity contribution in [2.24, 2.45) is 0 Å². The first kappa shape index (κ1) is 17.4. The Morgan fingerprint density at radius 2 is 1.88 bits per heavy atom. The lowest BCUT2D eigenvalue weighted by Crippen LogP contribution is -2.38. The molecule has 26 heavy (non-hydrogen) atoms. The summed E-state index contributed by atoms with van der Waals surface area (Å²) in [4.78, 5) is 37.6. The highest BCUT2D eigenvalue weighted by atomic mass is 16.2. The van der Waals surface area contributed by atoms with Gasteiger partial charge in [0.1, 0.15) is 12.2 Å². The average molecular weight is 349 g/mol. The van der Waals surface area contributed by atoms with Gasteiger partial charge < -0.3 is 10.6 Å². The van der Waals surface area contributed by atoms with Gasteiger partial charge in [-0.1, -0.05) is 36.4 Å². The number of aryl methyl sites for hydroxylation is 2. The highest BCUT2D eigenvalue weighted by Gasteiger charge is 2.34. The first-order chi connectivity index (χ1) is 12.4. The van der Waals surface area contributed by atoms with E-state index >= 15 is 0 Å². The summed E-state index contributed by atoms with van der Waals surface area (Å²) < 4.78 is 0. The molecule has 4 amide bonds. The number of imide groups is 1. The quantitative estimate of drug-likeness (QED) is 0.658. The Labute approximate surface area is 151 Å². The lowest BCUT2D eigenvalue weighted by Gasteiger charge is -2.12. The standard InChI is InChI=1S/C20H19N3O3/c1-13-6-5-9-16(10-13)21-18(24)12-23-19(25)17(22-20(23)26)11-15-8-4-3-7-14(15)2/h3-11H,12H2,1-2H3,(H,21,24)(H,22,26)/b17-11+. The zero-order valence-corrected chi connectivity index (χ0v) is 14.6. The van der Waals surface area contributed by atoms with Crippen molar-refractivity contribution >= 4 is 29.6 Å². The number of hydrogen-bond donors (Lipinski definition) is 2. The van der Waals surface area contributed by atoms with E-state index in [1.54, 1.807) is 12.1 Å². The molecule has 0 aromatic heterocycles. The van der Waals surface area contributed by atoms with Gasteiger partial charge in [0.2, 0.25) is 5.91 Å².